The molecule has 2 aliphatic rings. The first-order valence-corrected chi connectivity index (χ1v) is 10.4. The number of urea groups is 1. The molecule has 0 unspecified atom stereocenters. The van der Waals surface area contributed by atoms with Crippen molar-refractivity contribution in [1.82, 2.24) is 25.1 Å². The van der Waals surface area contributed by atoms with E-state index in [0.29, 0.717) is 25.3 Å². The Morgan fingerprint density at radius 2 is 1.90 bits per heavy atom. The Morgan fingerprint density at radius 1 is 1.20 bits per heavy atom. The molecule has 1 spiro atoms. The maximum absolute atomic E-state index is 12.8. The van der Waals surface area contributed by atoms with Crippen molar-refractivity contribution < 1.29 is 14.4 Å². The van der Waals surface area contributed by atoms with Gasteiger partial charge >= 0.3 is 6.03 Å². The Kier molecular flexibility index (Phi) is 5.57. The number of hydrogen-bond donors (Lipinski definition) is 2. The van der Waals surface area contributed by atoms with Crippen LogP contribution in [0.15, 0.2) is 43.0 Å². The number of carbonyl (C=O) groups excluding carboxylic acids is 3. The number of carbonyl (C=O) groups is 3. The zero-order valence-corrected chi connectivity index (χ0v) is 17.1. The average molecular weight is 409 g/mol. The molecule has 4 rings (SSSR count). The molecule has 2 aromatic rings. The van der Waals surface area contributed by atoms with Crippen LogP contribution in [0.25, 0.3) is 0 Å². The summed E-state index contributed by atoms with van der Waals surface area (Å²) in [6, 6.07) is 7.46. The van der Waals surface area contributed by atoms with Gasteiger partial charge in [-0.05, 0) is 42.7 Å². The van der Waals surface area contributed by atoms with E-state index < -0.39 is 11.6 Å². The fourth-order valence-corrected chi connectivity index (χ4v) is 4.17. The lowest BCUT2D eigenvalue weighted by atomic mass is 9.77. The molecule has 0 bridgehead atoms. The van der Waals surface area contributed by atoms with Gasteiger partial charge in [-0.15, -0.1) is 0 Å². The lowest BCUT2D eigenvalue weighted by Crippen LogP contribution is -2.49. The minimum atomic E-state index is -0.811. The molecule has 0 atom stereocenters. The zero-order valence-electron chi connectivity index (χ0n) is 17.1. The van der Waals surface area contributed by atoms with Crippen LogP contribution in [-0.2, 0) is 22.7 Å². The van der Waals surface area contributed by atoms with E-state index in [1.54, 1.807) is 12.5 Å². The number of aromatic nitrogens is 2. The number of amides is 4. The van der Waals surface area contributed by atoms with Crippen LogP contribution in [-0.4, -0.2) is 44.4 Å². The van der Waals surface area contributed by atoms with Gasteiger partial charge < -0.3 is 15.2 Å². The first-order valence-electron chi connectivity index (χ1n) is 10.4. The van der Waals surface area contributed by atoms with Crippen LogP contribution in [0, 0.1) is 5.92 Å². The number of hydrogen-bond acceptors (Lipinski definition) is 4. The molecule has 1 saturated heterocycles. The monoisotopic (exact) mass is 409 g/mol. The molecule has 1 aromatic heterocycles. The molecule has 4 amide bonds. The maximum atomic E-state index is 12.8. The molecule has 2 fully saturated rings. The van der Waals surface area contributed by atoms with Crippen molar-refractivity contribution in [2.24, 2.45) is 5.92 Å². The van der Waals surface area contributed by atoms with Crippen molar-refractivity contribution in [2.75, 3.05) is 6.54 Å². The summed E-state index contributed by atoms with van der Waals surface area (Å²) in [5.74, 6) is -0.0513. The number of imide groups is 1. The summed E-state index contributed by atoms with van der Waals surface area (Å²) in [7, 11) is 0. The fourth-order valence-electron chi connectivity index (χ4n) is 4.17. The van der Waals surface area contributed by atoms with Crippen LogP contribution in [0.1, 0.15) is 43.7 Å². The van der Waals surface area contributed by atoms with Gasteiger partial charge in [0.15, 0.2) is 0 Å². The largest absolute Gasteiger partial charge is 0.350 e. The van der Waals surface area contributed by atoms with Crippen molar-refractivity contribution >= 4 is 17.8 Å². The molecule has 1 aliphatic carbocycles. The molecule has 1 aliphatic heterocycles. The van der Waals surface area contributed by atoms with E-state index in [1.165, 1.54) is 0 Å². The van der Waals surface area contributed by atoms with E-state index in [2.05, 4.69) is 22.5 Å². The Bertz CT molecular complexity index is 915. The second-order valence-corrected chi connectivity index (χ2v) is 8.41. The molecular weight excluding hydrogens is 382 g/mol. The lowest BCUT2D eigenvalue weighted by Gasteiger charge is -2.33. The van der Waals surface area contributed by atoms with Crippen LogP contribution in [0.5, 0.6) is 0 Å². The maximum Gasteiger partial charge on any atom is 0.325 e. The standard InChI is InChI=1S/C22H27N5O3/c1-16-6-8-22(9-7-16)20(29)27(21(30)25-22)14-19(28)24-12-17-2-4-18(5-3-17)13-26-11-10-23-15-26/h2-5,10-11,15-16H,6-9,12-14H2,1H3,(H,24,28)(H,25,30). The number of nitrogens with one attached hydrogen (secondary N) is 2. The summed E-state index contributed by atoms with van der Waals surface area (Å²) in [5, 5.41) is 5.65. The number of imidazole rings is 1. The van der Waals surface area contributed by atoms with E-state index >= 15 is 0 Å². The Labute approximate surface area is 175 Å². The topological polar surface area (TPSA) is 96.3 Å². The summed E-state index contributed by atoms with van der Waals surface area (Å²) >= 11 is 0. The van der Waals surface area contributed by atoms with Gasteiger partial charge in [0.2, 0.25) is 5.91 Å². The molecule has 2 heterocycles. The van der Waals surface area contributed by atoms with Gasteiger partial charge in [0.05, 0.1) is 6.33 Å². The summed E-state index contributed by atoms with van der Waals surface area (Å²) in [4.78, 5) is 42.6. The molecule has 30 heavy (non-hydrogen) atoms. The highest BCUT2D eigenvalue weighted by molar-refractivity contribution is 6.09. The smallest absolute Gasteiger partial charge is 0.325 e. The summed E-state index contributed by atoms with van der Waals surface area (Å²) in [6.07, 6.45) is 8.51. The first kappa shape index (κ1) is 20.1. The normalized spacial score (nSPS) is 23.6. The predicted octanol–water partition coefficient (Wildman–Crippen LogP) is 2.05. The average Bonchev–Trinajstić information content (AvgIpc) is 3.32. The van der Waals surface area contributed by atoms with Crippen LogP contribution in [0.3, 0.4) is 0 Å². The van der Waals surface area contributed by atoms with Crippen molar-refractivity contribution in [3.05, 3.63) is 54.1 Å². The second kappa shape index (κ2) is 8.30. The molecular formula is C22H27N5O3. The van der Waals surface area contributed by atoms with Gasteiger partial charge in [0.1, 0.15) is 12.1 Å². The summed E-state index contributed by atoms with van der Waals surface area (Å²) in [5.41, 5.74) is 1.27. The van der Waals surface area contributed by atoms with Crippen LogP contribution < -0.4 is 10.6 Å². The number of benzene rings is 1. The Hall–Kier alpha value is -3.16. The third-order valence-electron chi connectivity index (χ3n) is 6.11. The van der Waals surface area contributed by atoms with Crippen LogP contribution >= 0.6 is 0 Å². The van der Waals surface area contributed by atoms with Gasteiger partial charge in [0, 0.05) is 25.5 Å². The minimum absolute atomic E-state index is 0.249. The van der Waals surface area contributed by atoms with Gasteiger partial charge in [-0.3, -0.25) is 14.5 Å². The highest BCUT2D eigenvalue weighted by Crippen LogP contribution is 2.36. The van der Waals surface area contributed by atoms with Crippen molar-refractivity contribution in [2.45, 2.75) is 51.2 Å². The van der Waals surface area contributed by atoms with Crippen molar-refractivity contribution in [3.63, 3.8) is 0 Å². The molecule has 1 aromatic carbocycles. The van der Waals surface area contributed by atoms with Gasteiger partial charge in [0.25, 0.3) is 5.91 Å². The molecule has 0 radical (unpaired) electrons. The zero-order chi connectivity index (χ0) is 21.1. The van der Waals surface area contributed by atoms with E-state index in [4.69, 9.17) is 0 Å². The first-order chi connectivity index (χ1) is 14.4. The molecule has 2 N–H and O–H groups in total. The van der Waals surface area contributed by atoms with E-state index in [0.717, 1.165) is 35.4 Å². The summed E-state index contributed by atoms with van der Waals surface area (Å²) < 4.78 is 1.98. The van der Waals surface area contributed by atoms with Gasteiger partial charge in [-0.2, -0.15) is 0 Å². The van der Waals surface area contributed by atoms with E-state index in [9.17, 15) is 14.4 Å². The van der Waals surface area contributed by atoms with Crippen LogP contribution in [0.4, 0.5) is 4.79 Å². The highest BCUT2D eigenvalue weighted by atomic mass is 16.2. The number of rotatable bonds is 6. The van der Waals surface area contributed by atoms with Crippen molar-refractivity contribution in [1.29, 1.82) is 0 Å². The highest BCUT2D eigenvalue weighted by Gasteiger charge is 2.52. The molecule has 1 saturated carbocycles. The third-order valence-corrected chi connectivity index (χ3v) is 6.11. The van der Waals surface area contributed by atoms with Gasteiger partial charge in [-0.25, -0.2) is 9.78 Å². The van der Waals surface area contributed by atoms with Gasteiger partial charge in [-0.1, -0.05) is 31.2 Å². The predicted molar refractivity (Wildman–Crippen MR) is 110 cm³/mol. The van der Waals surface area contributed by atoms with Crippen LogP contribution in [0.2, 0.25) is 0 Å². The number of nitrogens with zero attached hydrogens (tertiary/aromatic N) is 3. The Balaban J connectivity index is 1.28. The Morgan fingerprint density at radius 3 is 2.57 bits per heavy atom. The molecule has 8 heteroatoms. The lowest BCUT2D eigenvalue weighted by molar-refractivity contribution is -0.136. The fraction of sp³-hybridized carbons (Fsp3) is 0.455. The second-order valence-electron chi connectivity index (χ2n) is 8.41. The minimum Gasteiger partial charge on any atom is -0.350 e. The molecule has 158 valence electrons. The quantitative estimate of drug-likeness (QED) is 0.714. The molecule has 8 nitrogen and oxygen atoms in total. The summed E-state index contributed by atoms with van der Waals surface area (Å²) in [6.45, 7) is 2.99. The SMILES string of the molecule is CC1CCC2(CC1)NC(=O)N(CC(=O)NCc1ccc(Cn3ccnc3)cc1)C2=O. The van der Waals surface area contributed by atoms with E-state index in [-0.39, 0.29) is 18.4 Å². The third kappa shape index (κ3) is 4.22. The van der Waals surface area contributed by atoms with Crippen molar-refractivity contribution in [3.8, 4) is 0 Å². The van der Waals surface area contributed by atoms with E-state index in [1.807, 2.05) is 35.0 Å².